The molecule has 0 aliphatic rings. The Morgan fingerprint density at radius 2 is 2.00 bits per heavy atom. The second-order valence-electron chi connectivity index (χ2n) is 2.77. The summed E-state index contributed by atoms with van der Waals surface area (Å²) in [7, 11) is 0. The lowest BCUT2D eigenvalue weighted by Gasteiger charge is -2.03. The van der Waals surface area contributed by atoms with Gasteiger partial charge in [-0.25, -0.2) is 0 Å². The number of rotatable bonds is 3. The standard InChI is InChI=1S/C10H9NO2S/c12-10-6-7-11(14-10)13-8-9-4-2-1-3-5-9/h1-7H,8H2. The van der Waals surface area contributed by atoms with Gasteiger partial charge in [0.15, 0.2) is 0 Å². The summed E-state index contributed by atoms with van der Waals surface area (Å²) < 4.78 is 1.47. The molecule has 0 radical (unpaired) electrons. The van der Waals surface area contributed by atoms with Crippen LogP contribution >= 0.6 is 11.5 Å². The van der Waals surface area contributed by atoms with Crippen LogP contribution in [-0.4, -0.2) is 4.12 Å². The normalized spacial score (nSPS) is 10.0. The monoisotopic (exact) mass is 207 g/mol. The van der Waals surface area contributed by atoms with Crippen LogP contribution in [0.4, 0.5) is 0 Å². The van der Waals surface area contributed by atoms with Gasteiger partial charge in [0, 0.05) is 17.6 Å². The number of hydrogen-bond donors (Lipinski definition) is 0. The molecule has 4 heteroatoms. The van der Waals surface area contributed by atoms with Gasteiger partial charge in [-0.15, -0.1) is 4.12 Å². The molecule has 2 rings (SSSR count). The largest absolute Gasteiger partial charge is 0.399 e. The van der Waals surface area contributed by atoms with Crippen molar-refractivity contribution in [3.8, 4) is 0 Å². The summed E-state index contributed by atoms with van der Waals surface area (Å²) >= 11 is 1.05. The fraction of sp³-hybridized carbons (Fsp3) is 0.100. The lowest BCUT2D eigenvalue weighted by atomic mass is 10.2. The minimum absolute atomic E-state index is 0.00179. The van der Waals surface area contributed by atoms with Crippen molar-refractivity contribution in [2.45, 2.75) is 6.61 Å². The smallest absolute Gasteiger partial charge is 0.252 e. The number of hydrogen-bond acceptors (Lipinski definition) is 3. The van der Waals surface area contributed by atoms with Gasteiger partial charge >= 0.3 is 0 Å². The zero-order chi connectivity index (χ0) is 9.80. The maximum Gasteiger partial charge on any atom is 0.252 e. The molecule has 0 saturated heterocycles. The average Bonchev–Trinajstić information content (AvgIpc) is 2.63. The Bertz CT molecular complexity index is 446. The highest BCUT2D eigenvalue weighted by Crippen LogP contribution is 1.99. The first kappa shape index (κ1) is 9.02. The van der Waals surface area contributed by atoms with Crippen molar-refractivity contribution in [2.75, 3.05) is 0 Å². The van der Waals surface area contributed by atoms with Crippen molar-refractivity contribution in [1.29, 1.82) is 0 Å². The van der Waals surface area contributed by atoms with E-state index in [0.29, 0.717) is 6.61 Å². The molecule has 0 bridgehead atoms. The highest BCUT2D eigenvalue weighted by atomic mass is 32.1. The Labute approximate surface area is 85.3 Å². The summed E-state index contributed by atoms with van der Waals surface area (Å²) in [6.45, 7) is 0.478. The molecule has 0 fully saturated rings. The van der Waals surface area contributed by atoms with Crippen LogP contribution in [0.2, 0.25) is 0 Å². The molecule has 1 aromatic carbocycles. The first-order valence-corrected chi connectivity index (χ1v) is 4.98. The first-order valence-electron chi connectivity index (χ1n) is 4.21. The van der Waals surface area contributed by atoms with Crippen LogP contribution < -0.4 is 9.58 Å². The van der Waals surface area contributed by atoms with E-state index in [1.807, 2.05) is 30.3 Å². The molecule has 14 heavy (non-hydrogen) atoms. The van der Waals surface area contributed by atoms with Crippen LogP contribution in [0.25, 0.3) is 0 Å². The molecule has 3 nitrogen and oxygen atoms in total. The number of aromatic nitrogens is 1. The Kier molecular flexibility index (Phi) is 2.65. The summed E-state index contributed by atoms with van der Waals surface area (Å²) in [5, 5.41) is 0. The van der Waals surface area contributed by atoms with Crippen molar-refractivity contribution < 1.29 is 4.84 Å². The van der Waals surface area contributed by atoms with Gasteiger partial charge in [-0.05, 0) is 5.56 Å². The van der Waals surface area contributed by atoms with Crippen molar-refractivity contribution >= 4 is 11.5 Å². The van der Waals surface area contributed by atoms with E-state index in [2.05, 4.69) is 0 Å². The molecule has 0 saturated carbocycles. The van der Waals surface area contributed by atoms with Crippen LogP contribution in [0.15, 0.2) is 47.4 Å². The third kappa shape index (κ3) is 2.23. The van der Waals surface area contributed by atoms with Crippen molar-refractivity contribution in [3.63, 3.8) is 0 Å². The maximum absolute atomic E-state index is 10.8. The fourth-order valence-corrected chi connectivity index (χ4v) is 1.58. The van der Waals surface area contributed by atoms with E-state index in [0.717, 1.165) is 17.1 Å². The summed E-state index contributed by atoms with van der Waals surface area (Å²) in [4.78, 5) is 16.2. The molecule has 0 atom stereocenters. The SMILES string of the molecule is O=c1ccn(OCc2ccccc2)s1. The predicted molar refractivity (Wildman–Crippen MR) is 55.3 cm³/mol. The van der Waals surface area contributed by atoms with E-state index in [-0.39, 0.29) is 4.74 Å². The quantitative estimate of drug-likeness (QED) is 0.764. The number of benzene rings is 1. The molecule has 2 aromatic rings. The van der Waals surface area contributed by atoms with E-state index in [9.17, 15) is 4.79 Å². The summed E-state index contributed by atoms with van der Waals surface area (Å²) in [6, 6.07) is 11.3. The molecule has 1 heterocycles. The average molecular weight is 207 g/mol. The molecular formula is C10H9NO2S. The Morgan fingerprint density at radius 3 is 2.64 bits per heavy atom. The van der Waals surface area contributed by atoms with Gasteiger partial charge in [0.2, 0.25) is 0 Å². The molecule has 0 aliphatic carbocycles. The summed E-state index contributed by atoms with van der Waals surface area (Å²) in [5.41, 5.74) is 1.08. The molecular weight excluding hydrogens is 198 g/mol. The second kappa shape index (κ2) is 4.11. The van der Waals surface area contributed by atoms with E-state index in [4.69, 9.17) is 4.84 Å². The van der Waals surface area contributed by atoms with Gasteiger partial charge in [0.05, 0.1) is 6.20 Å². The summed E-state index contributed by atoms with van der Waals surface area (Å²) in [6.07, 6.45) is 1.62. The first-order chi connectivity index (χ1) is 6.84. The highest BCUT2D eigenvalue weighted by Gasteiger charge is 1.94. The zero-order valence-corrected chi connectivity index (χ0v) is 8.24. The van der Waals surface area contributed by atoms with Crippen LogP contribution in [0.5, 0.6) is 0 Å². The fourth-order valence-electron chi connectivity index (χ4n) is 1.05. The number of nitrogens with zero attached hydrogens (tertiary/aromatic N) is 1. The van der Waals surface area contributed by atoms with Gasteiger partial charge in [0.25, 0.3) is 4.74 Å². The minimum Gasteiger partial charge on any atom is -0.399 e. The minimum atomic E-state index is -0.00179. The van der Waals surface area contributed by atoms with Crippen LogP contribution in [-0.2, 0) is 6.61 Å². The molecule has 0 unspecified atom stereocenters. The van der Waals surface area contributed by atoms with Crippen LogP contribution in [0.3, 0.4) is 0 Å². The van der Waals surface area contributed by atoms with Gasteiger partial charge in [-0.2, -0.15) is 0 Å². The topological polar surface area (TPSA) is 31.2 Å². The second-order valence-corrected chi connectivity index (χ2v) is 3.72. The van der Waals surface area contributed by atoms with Gasteiger partial charge < -0.3 is 4.84 Å². The van der Waals surface area contributed by atoms with E-state index in [1.54, 1.807) is 6.20 Å². The summed E-state index contributed by atoms with van der Waals surface area (Å²) in [5.74, 6) is 0. The Hall–Kier alpha value is -1.55. The van der Waals surface area contributed by atoms with Crippen LogP contribution in [0.1, 0.15) is 5.56 Å². The lowest BCUT2D eigenvalue weighted by Crippen LogP contribution is -2.07. The Morgan fingerprint density at radius 1 is 1.21 bits per heavy atom. The van der Waals surface area contributed by atoms with Gasteiger partial charge in [-0.1, -0.05) is 30.3 Å². The maximum atomic E-state index is 10.8. The molecule has 1 aromatic heterocycles. The van der Waals surface area contributed by atoms with Crippen molar-refractivity contribution in [2.24, 2.45) is 0 Å². The zero-order valence-electron chi connectivity index (χ0n) is 7.42. The highest BCUT2D eigenvalue weighted by molar-refractivity contribution is 7.03. The molecule has 72 valence electrons. The van der Waals surface area contributed by atoms with Gasteiger partial charge in [-0.3, -0.25) is 4.79 Å². The van der Waals surface area contributed by atoms with Gasteiger partial charge in [0.1, 0.15) is 6.61 Å². The Balaban J connectivity index is 1.98. The van der Waals surface area contributed by atoms with E-state index < -0.39 is 0 Å². The molecule has 0 spiro atoms. The van der Waals surface area contributed by atoms with E-state index in [1.165, 1.54) is 10.2 Å². The van der Waals surface area contributed by atoms with Crippen molar-refractivity contribution in [3.05, 3.63) is 57.7 Å². The third-order valence-corrected chi connectivity index (χ3v) is 2.44. The van der Waals surface area contributed by atoms with E-state index >= 15 is 0 Å². The third-order valence-electron chi connectivity index (χ3n) is 1.71. The predicted octanol–water partition coefficient (Wildman–Crippen LogP) is 1.54. The molecule has 0 aliphatic heterocycles. The molecule has 0 N–H and O–H groups in total. The molecule has 0 amide bonds. The van der Waals surface area contributed by atoms with Crippen LogP contribution in [0, 0.1) is 0 Å². The van der Waals surface area contributed by atoms with Crippen molar-refractivity contribution in [1.82, 2.24) is 4.12 Å². The lowest BCUT2D eigenvalue weighted by molar-refractivity contribution is 0.121.